The Hall–Kier alpha value is -1.81. The largest absolute Gasteiger partial charge is 0.535 e. The second-order valence-electron chi connectivity index (χ2n) is 7.55. The molecule has 0 aromatic heterocycles. The van der Waals surface area contributed by atoms with Gasteiger partial charge in [0.2, 0.25) is 5.91 Å². The van der Waals surface area contributed by atoms with Gasteiger partial charge in [0, 0.05) is 6.42 Å². The lowest BCUT2D eigenvalue weighted by Gasteiger charge is -2.40. The van der Waals surface area contributed by atoms with Crippen molar-refractivity contribution < 1.29 is 29.4 Å². The van der Waals surface area contributed by atoms with Crippen LogP contribution >= 0.6 is 0 Å². The molecule has 0 aliphatic carbocycles. The van der Waals surface area contributed by atoms with Gasteiger partial charge < -0.3 is 34.8 Å². The summed E-state index contributed by atoms with van der Waals surface area (Å²) in [6, 6.07) is 3.51. The Labute approximate surface area is 158 Å². The quantitative estimate of drug-likeness (QED) is 0.412. The van der Waals surface area contributed by atoms with Gasteiger partial charge in [0.15, 0.2) is 6.29 Å². The number of ether oxygens (including phenoxy) is 1. The van der Waals surface area contributed by atoms with Crippen molar-refractivity contribution in [3.8, 4) is 11.5 Å². The first-order valence-corrected chi connectivity index (χ1v) is 9.53. The number of rotatable bonds is 5. The normalized spacial score (nSPS) is 22.4. The molecule has 2 saturated heterocycles. The minimum absolute atomic E-state index is 0.132. The number of fused-ring (bicyclic) bond motifs is 1. The molecule has 3 aliphatic rings. The van der Waals surface area contributed by atoms with E-state index in [1.807, 2.05) is 6.07 Å². The molecule has 4 rings (SSSR count). The topological polar surface area (TPSA) is 111 Å². The van der Waals surface area contributed by atoms with Crippen LogP contribution in [0.3, 0.4) is 0 Å². The molecule has 27 heavy (non-hydrogen) atoms. The summed E-state index contributed by atoms with van der Waals surface area (Å²) >= 11 is 0. The number of aryl methyl sites for hydroxylation is 1. The summed E-state index contributed by atoms with van der Waals surface area (Å²) < 4.78 is 11.3. The fraction of sp³-hybridized carbons (Fsp3) is 0.611. The van der Waals surface area contributed by atoms with Crippen molar-refractivity contribution in [1.82, 2.24) is 10.2 Å². The van der Waals surface area contributed by atoms with E-state index in [4.69, 9.17) is 9.39 Å². The predicted octanol–water partition coefficient (Wildman–Crippen LogP) is -0.326. The second kappa shape index (κ2) is 7.67. The van der Waals surface area contributed by atoms with E-state index >= 15 is 0 Å². The smallest absolute Gasteiger partial charge is 0.522 e. The number of benzene rings is 1. The summed E-state index contributed by atoms with van der Waals surface area (Å²) in [4.78, 5) is 14.1. The summed E-state index contributed by atoms with van der Waals surface area (Å²) in [6.45, 7) is 2.85. The molecule has 146 valence electrons. The molecule has 2 fully saturated rings. The zero-order chi connectivity index (χ0) is 19.0. The molecule has 1 unspecified atom stereocenters. The average molecular weight is 376 g/mol. The number of aliphatic hydroxyl groups is 2. The fourth-order valence-electron chi connectivity index (χ4n) is 3.94. The zero-order valence-electron chi connectivity index (χ0n) is 15.1. The van der Waals surface area contributed by atoms with Crippen LogP contribution in [-0.4, -0.2) is 65.4 Å². The van der Waals surface area contributed by atoms with Crippen molar-refractivity contribution in [3.63, 3.8) is 0 Å². The molecule has 0 saturated carbocycles. The van der Waals surface area contributed by atoms with Crippen LogP contribution in [0.25, 0.3) is 0 Å². The Morgan fingerprint density at radius 1 is 1.41 bits per heavy atom. The highest BCUT2D eigenvalue weighted by Crippen LogP contribution is 2.40. The van der Waals surface area contributed by atoms with Gasteiger partial charge >= 0.3 is 7.12 Å². The third-order valence-corrected chi connectivity index (χ3v) is 5.53. The number of carbonyl (C=O) groups excluding carboxylic acids is 1. The SMILES string of the molecule is O=C(CC1CCNC1)N1CC(Oc2ccc3c(c2C(O)O)OB(O)CC3)C1. The number of carbonyl (C=O) groups is 1. The standard InChI is InChI=1S/C18H25BN2O6/c22-15(7-11-4-6-20-8-11)21-9-13(10-21)26-14-2-1-12-3-5-19(25)27-17(12)16(14)18(23)24/h1-2,11,13,18,20,23-25H,3-10H2. The summed E-state index contributed by atoms with van der Waals surface area (Å²) in [5.41, 5.74) is 0.944. The summed E-state index contributed by atoms with van der Waals surface area (Å²) in [5.74, 6) is 1.15. The van der Waals surface area contributed by atoms with Crippen molar-refractivity contribution in [3.05, 3.63) is 23.3 Å². The van der Waals surface area contributed by atoms with Crippen LogP contribution in [0.5, 0.6) is 11.5 Å². The van der Waals surface area contributed by atoms with Gasteiger partial charge in [-0.15, -0.1) is 0 Å². The minimum atomic E-state index is -1.77. The maximum Gasteiger partial charge on any atom is 0.522 e. The van der Waals surface area contributed by atoms with Crippen molar-refractivity contribution in [2.24, 2.45) is 5.92 Å². The van der Waals surface area contributed by atoms with Gasteiger partial charge in [0.05, 0.1) is 18.7 Å². The maximum atomic E-state index is 12.3. The van der Waals surface area contributed by atoms with Crippen LogP contribution in [0, 0.1) is 5.92 Å². The molecular weight excluding hydrogens is 351 g/mol. The van der Waals surface area contributed by atoms with E-state index in [0.717, 1.165) is 25.1 Å². The van der Waals surface area contributed by atoms with Gasteiger partial charge in [-0.05, 0) is 49.8 Å². The van der Waals surface area contributed by atoms with Gasteiger partial charge in [-0.3, -0.25) is 4.79 Å². The van der Waals surface area contributed by atoms with Crippen LogP contribution in [-0.2, 0) is 11.2 Å². The molecule has 4 N–H and O–H groups in total. The van der Waals surface area contributed by atoms with Crippen LogP contribution in [0.2, 0.25) is 6.32 Å². The molecule has 1 aromatic rings. The molecule has 0 radical (unpaired) electrons. The highest BCUT2D eigenvalue weighted by molar-refractivity contribution is 6.44. The summed E-state index contributed by atoms with van der Waals surface area (Å²) in [5, 5.41) is 32.6. The van der Waals surface area contributed by atoms with E-state index in [9.17, 15) is 20.0 Å². The average Bonchev–Trinajstić information content (AvgIpc) is 3.09. The van der Waals surface area contributed by atoms with Crippen LogP contribution in [0.15, 0.2) is 12.1 Å². The van der Waals surface area contributed by atoms with Gasteiger partial charge in [-0.2, -0.15) is 0 Å². The third-order valence-electron chi connectivity index (χ3n) is 5.53. The Bertz CT molecular complexity index is 703. The summed E-state index contributed by atoms with van der Waals surface area (Å²) in [6.07, 6.45) is 0.693. The van der Waals surface area contributed by atoms with Gasteiger partial charge in [-0.1, -0.05) is 6.07 Å². The molecule has 3 aliphatic heterocycles. The van der Waals surface area contributed by atoms with E-state index in [1.54, 1.807) is 11.0 Å². The Balaban J connectivity index is 1.39. The minimum Gasteiger partial charge on any atom is -0.535 e. The molecule has 1 aromatic carbocycles. The van der Waals surface area contributed by atoms with Crippen molar-refractivity contribution in [2.75, 3.05) is 26.2 Å². The number of likely N-dealkylation sites (tertiary alicyclic amines) is 1. The van der Waals surface area contributed by atoms with Crippen LogP contribution in [0.1, 0.15) is 30.3 Å². The molecular formula is C18H25BN2O6. The van der Waals surface area contributed by atoms with E-state index in [-0.39, 0.29) is 23.3 Å². The monoisotopic (exact) mass is 376 g/mol. The van der Waals surface area contributed by atoms with Gasteiger partial charge in [-0.25, -0.2) is 0 Å². The van der Waals surface area contributed by atoms with E-state index in [0.29, 0.717) is 43.9 Å². The third kappa shape index (κ3) is 3.91. The molecule has 0 bridgehead atoms. The first-order chi connectivity index (χ1) is 13.0. The zero-order valence-corrected chi connectivity index (χ0v) is 15.1. The van der Waals surface area contributed by atoms with Crippen molar-refractivity contribution in [2.45, 2.75) is 38.0 Å². The molecule has 1 amide bonds. The van der Waals surface area contributed by atoms with Gasteiger partial charge in [0.25, 0.3) is 0 Å². The molecule has 0 spiro atoms. The predicted molar refractivity (Wildman–Crippen MR) is 97.3 cm³/mol. The number of hydrogen-bond donors (Lipinski definition) is 4. The van der Waals surface area contributed by atoms with E-state index in [1.165, 1.54) is 0 Å². The number of nitrogens with one attached hydrogen (secondary N) is 1. The Morgan fingerprint density at radius 3 is 2.93 bits per heavy atom. The van der Waals surface area contributed by atoms with Crippen molar-refractivity contribution in [1.29, 1.82) is 0 Å². The number of nitrogens with zero attached hydrogens (tertiary/aromatic N) is 1. The molecule has 9 heteroatoms. The lowest BCUT2D eigenvalue weighted by molar-refractivity contribution is -0.141. The molecule has 3 heterocycles. The maximum absolute atomic E-state index is 12.3. The Morgan fingerprint density at radius 2 is 2.22 bits per heavy atom. The second-order valence-corrected chi connectivity index (χ2v) is 7.55. The first kappa shape index (κ1) is 18.6. The number of amides is 1. The lowest BCUT2D eigenvalue weighted by atomic mass is 9.78. The fourth-order valence-corrected chi connectivity index (χ4v) is 3.94. The molecule has 1 atom stereocenters. The van der Waals surface area contributed by atoms with Gasteiger partial charge in [0.1, 0.15) is 17.6 Å². The van der Waals surface area contributed by atoms with Crippen LogP contribution in [0.4, 0.5) is 0 Å². The van der Waals surface area contributed by atoms with E-state index < -0.39 is 13.4 Å². The first-order valence-electron chi connectivity index (χ1n) is 9.53. The molecule has 8 nitrogen and oxygen atoms in total. The van der Waals surface area contributed by atoms with Crippen LogP contribution < -0.4 is 14.7 Å². The highest BCUT2D eigenvalue weighted by Gasteiger charge is 2.35. The Kier molecular flexibility index (Phi) is 5.27. The lowest BCUT2D eigenvalue weighted by Crippen LogP contribution is -2.56. The van der Waals surface area contributed by atoms with Crippen molar-refractivity contribution >= 4 is 13.0 Å². The number of hydrogen-bond acceptors (Lipinski definition) is 7. The highest BCUT2D eigenvalue weighted by atomic mass is 16.5. The number of aliphatic hydroxyl groups excluding tert-OH is 1. The van der Waals surface area contributed by atoms with E-state index in [2.05, 4.69) is 5.32 Å². The summed E-state index contributed by atoms with van der Waals surface area (Å²) in [7, 11) is -0.966.